The first kappa shape index (κ1) is 111. The van der Waals surface area contributed by atoms with Crippen LogP contribution in [0.1, 0.15) is 279 Å². The molecule has 136 heavy (non-hydrogen) atoms. The monoisotopic (exact) mass is 1900 g/mol. The van der Waals surface area contributed by atoms with Crippen LogP contribution in [0.25, 0.3) is 0 Å². The van der Waals surface area contributed by atoms with Crippen molar-refractivity contribution in [1.82, 2.24) is 21.3 Å². The van der Waals surface area contributed by atoms with Gasteiger partial charge in [0.1, 0.15) is 47.7 Å². The molecular formula is C106H158N4O26. The Morgan fingerprint density at radius 1 is 0.346 bits per heavy atom. The molecule has 0 bridgehead atoms. The Morgan fingerprint density at radius 2 is 0.632 bits per heavy atom. The summed E-state index contributed by atoms with van der Waals surface area (Å²) < 4.78 is 23.1. The van der Waals surface area contributed by atoms with Crippen molar-refractivity contribution in [1.29, 1.82) is 0 Å². The molecule has 4 saturated carbocycles. The van der Waals surface area contributed by atoms with Crippen molar-refractivity contribution in [3.05, 3.63) is 117 Å². The highest BCUT2D eigenvalue weighted by molar-refractivity contribution is 5.88. The molecule has 23 atom stereocenters. The van der Waals surface area contributed by atoms with Gasteiger partial charge in [-0.1, -0.05) is 167 Å². The molecule has 0 radical (unpaired) electrons. The second-order valence-corrected chi connectivity index (χ2v) is 40.3. The van der Waals surface area contributed by atoms with Gasteiger partial charge < -0.3 is 107 Å². The van der Waals surface area contributed by atoms with E-state index < -0.39 is 97.3 Å². The zero-order valence-electron chi connectivity index (χ0n) is 81.1. The van der Waals surface area contributed by atoms with Gasteiger partial charge in [-0.25, -0.2) is 9.59 Å². The molecule has 4 fully saturated rings. The predicted octanol–water partition coefficient (Wildman–Crippen LogP) is 12.1. The van der Waals surface area contributed by atoms with E-state index in [9.17, 15) is 89.1 Å². The highest BCUT2D eigenvalue weighted by Gasteiger charge is 2.50. The van der Waals surface area contributed by atoms with Gasteiger partial charge in [-0.15, -0.1) is 0 Å². The number of nitrogens with one attached hydrogen (secondary N) is 4. The third-order valence-electron chi connectivity index (χ3n) is 30.2. The molecule has 8 aliphatic carbocycles. The zero-order valence-corrected chi connectivity index (χ0v) is 81.1. The first-order valence-corrected chi connectivity index (χ1v) is 50.7. The zero-order chi connectivity index (χ0) is 98.8. The minimum atomic E-state index is -1.52. The number of ether oxygens (including phenoxy) is 4. The Morgan fingerprint density at radius 3 is 0.890 bits per heavy atom. The highest BCUT2D eigenvalue weighted by atomic mass is 16.5. The van der Waals surface area contributed by atoms with Gasteiger partial charge in [-0.05, 0) is 307 Å². The number of rotatable bonds is 51. The van der Waals surface area contributed by atoms with Crippen molar-refractivity contribution in [2.24, 2.45) is 76.9 Å². The van der Waals surface area contributed by atoms with Crippen molar-refractivity contribution in [3.63, 3.8) is 0 Å². The lowest BCUT2D eigenvalue weighted by molar-refractivity contribution is -0.147. The number of unbranched alkanes of at least 4 members (excludes halogenated alkanes) is 8. The van der Waals surface area contributed by atoms with Crippen LogP contribution < -0.4 is 40.2 Å². The van der Waals surface area contributed by atoms with E-state index >= 15 is 0 Å². The van der Waals surface area contributed by atoms with Crippen LogP contribution in [0.4, 0.5) is 0 Å². The minimum absolute atomic E-state index is 0.154. The number of amides is 4. The Kier molecular flexibility index (Phi) is 45.3. The van der Waals surface area contributed by atoms with Crippen LogP contribution in [0, 0.1) is 76.9 Å². The molecule has 4 aromatic carbocycles. The van der Waals surface area contributed by atoms with Gasteiger partial charge in [-0.2, -0.15) is 0 Å². The fraction of sp³-hybridized carbons (Fsp3) is 0.689. The molecule has 0 heterocycles. The molecular weight excluding hydrogens is 1750 g/mol. The van der Waals surface area contributed by atoms with Crippen LogP contribution in [0.5, 0.6) is 23.0 Å². The van der Waals surface area contributed by atoms with E-state index in [-0.39, 0.29) is 92.1 Å². The number of benzene rings is 4. The molecule has 4 amide bonds. The standard InChI is InChI=1S/C28H43NO6.C27H39NO8.C26H39NO6.C25H37NO6/c1-4-5-6-9-20(30)11-12-21-22-13-18-8-7-10-25(23(18)14-19(22)15-24(21)31)35-16-26(32)29-27(17(2)3)28(33)34;1-2-3-4-7-18(29)9-10-19-20-11-16-6-5-8-24(21(16)12-17(20)13-23(19)30)36-15-25(31)28-22(27(34)35)14-26(32)33;1-3-4-5-8-19(28)10-11-20-21-12-17-7-6-9-24(22(17)13-18(21)14-23(20)29)33-15-25(30)27-16(2)26(31)32;1-2-3-4-7-18(27)9-10-19-20-11-16-6-5-8-23(21(16)12-17(20)13-22(19)28)32-15-24(29)26-14-25(30)31/h7-8,10,17,19-22,24,27,30-31H,4-6,9,11-16H2,1-3H3,(H,29,32)(H,33,34);5-6,8,17-20,22-23,29-30H,2-4,7,9-15H2,1H3,(H,28,31)(H,32,33)(H,34,35);6-7,9,16,18-21,23,28-29H,3-5,8,10-15H2,1-2H3,(H,27,30)(H,31,32);5-6,8,17-20,22,27-28H,2-4,7,9-15H2,1H3,(H,26,29)(H,30,31)/t19-,20-,21+,22-,24+,27-;17-,18-,19+,20-,22-,23+;16-,18-,19-,20+,21-,23+;17-,18-,19+,20-,22+/m0000/s1. The van der Waals surface area contributed by atoms with Gasteiger partial charge in [0, 0.05) is 0 Å². The number of carboxylic acids is 5. The van der Waals surface area contributed by atoms with E-state index in [1.807, 2.05) is 48.5 Å². The van der Waals surface area contributed by atoms with Gasteiger partial charge in [0.05, 0.1) is 55.3 Å². The van der Waals surface area contributed by atoms with E-state index in [4.69, 9.17) is 39.4 Å². The Bertz CT molecular complexity index is 4470. The largest absolute Gasteiger partial charge is 0.483 e. The molecule has 0 saturated heterocycles. The maximum absolute atomic E-state index is 12.3. The van der Waals surface area contributed by atoms with E-state index in [2.05, 4.69) is 67.2 Å². The number of hydrogen-bond donors (Lipinski definition) is 17. The lowest BCUT2D eigenvalue weighted by atomic mass is 9.73. The molecule has 0 aromatic heterocycles. The average molecular weight is 1900 g/mol. The van der Waals surface area contributed by atoms with Crippen LogP contribution in [0.15, 0.2) is 72.8 Å². The number of fused-ring (bicyclic) bond motifs is 8. The van der Waals surface area contributed by atoms with E-state index in [0.717, 1.165) is 246 Å². The molecule has 12 rings (SSSR count). The van der Waals surface area contributed by atoms with Crippen LogP contribution in [0.2, 0.25) is 0 Å². The molecule has 0 unspecified atom stereocenters. The SMILES string of the molecule is CCCCC[C@H](O)CC[C@@H]1[C@H]2Cc3cccc(OCC(=O)NCC(=O)O)c3C[C@H]2C[C@H]1O.CCCCC[C@H](O)CC[C@@H]1[C@H]2Cc3cccc(OCC(=O)N[C@@H](C)C(=O)O)c3C[C@H]2C[C@H]1O.CCCCC[C@H](O)CC[C@@H]1[C@H]2Cc3cccc(OCC(=O)N[C@@H](CC(=O)O)C(=O)O)c3C[C@H]2C[C@H]1O.CCCCC[C@H](O)CC[C@@H]1[C@H]2Cc3cccc(OCC(=O)N[C@H](C(=O)O)C(C)C)c3C[C@H]2C[C@H]1O. The van der Waals surface area contributed by atoms with Crippen LogP contribution in [0.3, 0.4) is 0 Å². The molecule has 30 heteroatoms. The van der Waals surface area contributed by atoms with E-state index in [1.165, 1.54) is 23.6 Å². The maximum Gasteiger partial charge on any atom is 0.326 e. The molecule has 0 aliphatic heterocycles. The smallest absolute Gasteiger partial charge is 0.326 e. The summed E-state index contributed by atoms with van der Waals surface area (Å²) in [5.41, 5.74) is 8.96. The first-order valence-electron chi connectivity index (χ1n) is 50.7. The van der Waals surface area contributed by atoms with E-state index in [0.29, 0.717) is 83.2 Å². The van der Waals surface area contributed by atoms with Crippen molar-refractivity contribution in [3.8, 4) is 23.0 Å². The second-order valence-electron chi connectivity index (χ2n) is 40.3. The normalized spacial score (nSPS) is 24.9. The fourth-order valence-corrected chi connectivity index (χ4v) is 22.9. The molecule has 30 nitrogen and oxygen atoms in total. The minimum Gasteiger partial charge on any atom is -0.483 e. The number of aliphatic hydroxyl groups excluding tert-OH is 8. The Labute approximate surface area is 802 Å². The number of carbonyl (C=O) groups is 9. The quantitative estimate of drug-likeness (QED) is 0.0183. The van der Waals surface area contributed by atoms with Crippen LogP contribution >= 0.6 is 0 Å². The lowest BCUT2D eigenvalue weighted by Gasteiger charge is -2.32. The van der Waals surface area contributed by atoms with Gasteiger partial charge in [0.25, 0.3) is 23.6 Å². The summed E-state index contributed by atoms with van der Waals surface area (Å²) >= 11 is 0. The van der Waals surface area contributed by atoms with Gasteiger partial charge in [-0.3, -0.25) is 33.6 Å². The topological polar surface area (TPSA) is 502 Å². The van der Waals surface area contributed by atoms with Gasteiger partial charge >= 0.3 is 29.8 Å². The third kappa shape index (κ3) is 33.4. The number of carbonyl (C=O) groups excluding carboxylic acids is 4. The van der Waals surface area contributed by atoms with Crippen molar-refractivity contribution < 1.29 is 128 Å². The molecule has 17 N–H and O–H groups in total. The predicted molar refractivity (Wildman–Crippen MR) is 511 cm³/mol. The van der Waals surface area contributed by atoms with Gasteiger partial charge in [0.2, 0.25) is 0 Å². The summed E-state index contributed by atoms with van der Waals surface area (Å²) in [7, 11) is 0. The molecule has 0 spiro atoms. The number of hydrogen-bond acceptors (Lipinski definition) is 21. The highest BCUT2D eigenvalue weighted by Crippen LogP contribution is 2.53. The number of aliphatic carboxylic acids is 5. The van der Waals surface area contributed by atoms with Gasteiger partial charge in [0.15, 0.2) is 26.4 Å². The first-order chi connectivity index (χ1) is 65.1. The number of carboxylic acid groups (broad SMARTS) is 5. The van der Waals surface area contributed by atoms with Crippen LogP contribution in [-0.2, 0) is 94.5 Å². The summed E-state index contributed by atoms with van der Waals surface area (Å²) in [4.78, 5) is 103. The summed E-state index contributed by atoms with van der Waals surface area (Å²) in [5.74, 6) is -2.09. The lowest BCUT2D eigenvalue weighted by Crippen LogP contribution is -2.46. The average Bonchev–Trinajstić information content (AvgIpc) is 1.62. The van der Waals surface area contributed by atoms with Crippen LogP contribution in [-0.4, -0.2) is 220 Å². The summed E-state index contributed by atoms with van der Waals surface area (Å²) in [6.07, 6.45) is 29.2. The summed E-state index contributed by atoms with van der Waals surface area (Å²) in [6, 6.07) is 19.8. The third-order valence-corrected chi connectivity index (χ3v) is 30.2. The summed E-state index contributed by atoms with van der Waals surface area (Å²) in [6.45, 7) is 12.0. The second kappa shape index (κ2) is 55.7. The maximum atomic E-state index is 12.3. The Hall–Kier alpha value is -9.01. The molecule has 758 valence electrons. The summed E-state index contributed by atoms with van der Waals surface area (Å²) in [5, 5.41) is 139. The van der Waals surface area contributed by atoms with E-state index in [1.54, 1.807) is 19.9 Å². The molecule has 8 aliphatic rings. The molecule has 4 aromatic rings. The Balaban J connectivity index is 0.000000203. The van der Waals surface area contributed by atoms with Crippen molar-refractivity contribution >= 4 is 53.5 Å². The number of aliphatic hydroxyl groups is 8. The fourth-order valence-electron chi connectivity index (χ4n) is 22.9. The van der Waals surface area contributed by atoms with Crippen molar-refractivity contribution in [2.45, 2.75) is 353 Å². The van der Waals surface area contributed by atoms with Crippen molar-refractivity contribution in [2.75, 3.05) is 33.0 Å².